The van der Waals surface area contributed by atoms with Crippen molar-refractivity contribution in [3.63, 3.8) is 0 Å². The van der Waals surface area contributed by atoms with Crippen molar-refractivity contribution in [2.45, 2.75) is 32.7 Å². The highest BCUT2D eigenvalue weighted by Gasteiger charge is 2.31. The largest absolute Gasteiger partial charge is 0.461 e. The summed E-state index contributed by atoms with van der Waals surface area (Å²) in [6.07, 6.45) is -1.42. The number of azide groups is 1. The Bertz CT molecular complexity index is 1360. The highest BCUT2D eigenvalue weighted by molar-refractivity contribution is 5.81. The maximum absolute atomic E-state index is 13.4. The molecule has 0 radical (unpaired) electrons. The van der Waals surface area contributed by atoms with Crippen LogP contribution in [0.2, 0.25) is 0 Å². The number of imidazole rings is 1. The van der Waals surface area contributed by atoms with E-state index in [4.69, 9.17) is 10.3 Å². The lowest BCUT2D eigenvalue weighted by Gasteiger charge is -2.11. The van der Waals surface area contributed by atoms with Crippen LogP contribution in [0.1, 0.15) is 25.0 Å². The van der Waals surface area contributed by atoms with Gasteiger partial charge in [-0.05, 0) is 55.3 Å². The third-order valence-corrected chi connectivity index (χ3v) is 4.69. The fourth-order valence-electron chi connectivity index (χ4n) is 3.33. The van der Waals surface area contributed by atoms with Crippen LogP contribution in [0.25, 0.3) is 38.7 Å². The molecule has 1 aromatic carbocycles. The second kappa shape index (κ2) is 8.79. The molecule has 0 N–H and O–H groups in total. The molecule has 3 aromatic heterocycles. The van der Waals surface area contributed by atoms with Crippen LogP contribution in [-0.2, 0) is 12.7 Å². The quantitative estimate of drug-likeness (QED) is 0.201. The van der Waals surface area contributed by atoms with Gasteiger partial charge in [0, 0.05) is 22.9 Å². The summed E-state index contributed by atoms with van der Waals surface area (Å²) in [7, 11) is 0. The first-order chi connectivity index (χ1) is 15.8. The van der Waals surface area contributed by atoms with Gasteiger partial charge in [0.2, 0.25) is 0 Å². The lowest BCUT2D eigenvalue weighted by atomic mass is 10.1. The fourth-order valence-corrected chi connectivity index (χ4v) is 3.33. The normalized spacial score (nSPS) is 11.6. The van der Waals surface area contributed by atoms with Crippen molar-refractivity contribution in [2.75, 3.05) is 0 Å². The van der Waals surface area contributed by atoms with Crippen LogP contribution < -0.4 is 4.74 Å². The lowest BCUT2D eigenvalue weighted by molar-refractivity contribution is -0.137. The van der Waals surface area contributed by atoms with E-state index < -0.39 is 11.7 Å². The SMILES string of the molecule is CC(C)Oc1nccc(-c2c(-c3cccc(C(F)(F)F)c3)nc3cc(CN=[N+]=[N-])ccn23)n1. The Morgan fingerprint density at radius 1 is 1.15 bits per heavy atom. The summed E-state index contributed by atoms with van der Waals surface area (Å²) in [5.41, 5.74) is 10.5. The molecule has 0 bridgehead atoms. The van der Waals surface area contributed by atoms with Crippen molar-refractivity contribution >= 4 is 5.65 Å². The van der Waals surface area contributed by atoms with E-state index in [-0.39, 0.29) is 24.2 Å². The van der Waals surface area contributed by atoms with E-state index in [1.165, 1.54) is 12.3 Å². The molecule has 33 heavy (non-hydrogen) atoms. The number of halogens is 3. The van der Waals surface area contributed by atoms with E-state index in [2.05, 4.69) is 25.0 Å². The molecular weight excluding hydrogens is 435 g/mol. The van der Waals surface area contributed by atoms with Crippen molar-refractivity contribution in [3.8, 4) is 28.7 Å². The van der Waals surface area contributed by atoms with Crippen molar-refractivity contribution in [1.82, 2.24) is 19.4 Å². The fraction of sp³-hybridized carbons (Fsp3) is 0.227. The van der Waals surface area contributed by atoms with E-state index >= 15 is 0 Å². The van der Waals surface area contributed by atoms with Gasteiger partial charge in [0.25, 0.3) is 0 Å². The third kappa shape index (κ3) is 4.73. The molecule has 0 unspecified atom stereocenters. The van der Waals surface area contributed by atoms with Gasteiger partial charge < -0.3 is 4.74 Å². The Balaban J connectivity index is 1.95. The van der Waals surface area contributed by atoms with Crippen molar-refractivity contribution in [2.24, 2.45) is 5.11 Å². The minimum atomic E-state index is -4.50. The molecular formula is C22H18F3N7O. The zero-order valence-corrected chi connectivity index (χ0v) is 17.7. The maximum Gasteiger partial charge on any atom is 0.416 e. The summed E-state index contributed by atoms with van der Waals surface area (Å²) in [5, 5.41) is 3.55. The highest BCUT2D eigenvalue weighted by Crippen LogP contribution is 2.36. The Labute approximate surface area is 186 Å². The molecule has 3 heterocycles. The number of ether oxygens (including phenoxy) is 1. The zero-order chi connectivity index (χ0) is 23.6. The van der Waals surface area contributed by atoms with Crippen LogP contribution in [0, 0.1) is 0 Å². The molecule has 0 amide bonds. The van der Waals surface area contributed by atoms with Crippen LogP contribution in [0.3, 0.4) is 0 Å². The molecule has 0 aliphatic carbocycles. The van der Waals surface area contributed by atoms with E-state index in [1.807, 2.05) is 13.8 Å². The summed E-state index contributed by atoms with van der Waals surface area (Å²) < 4.78 is 47.4. The molecule has 8 nitrogen and oxygen atoms in total. The number of fused-ring (bicyclic) bond motifs is 1. The first-order valence-corrected chi connectivity index (χ1v) is 9.96. The molecule has 0 saturated heterocycles. The highest BCUT2D eigenvalue weighted by atomic mass is 19.4. The maximum atomic E-state index is 13.4. The minimum Gasteiger partial charge on any atom is -0.461 e. The smallest absolute Gasteiger partial charge is 0.416 e. The second-order valence-electron chi connectivity index (χ2n) is 7.43. The van der Waals surface area contributed by atoms with E-state index in [0.717, 1.165) is 12.1 Å². The van der Waals surface area contributed by atoms with Crippen LogP contribution >= 0.6 is 0 Å². The molecule has 11 heteroatoms. The number of pyridine rings is 1. The van der Waals surface area contributed by atoms with Gasteiger partial charge in [-0.15, -0.1) is 0 Å². The third-order valence-electron chi connectivity index (χ3n) is 4.69. The van der Waals surface area contributed by atoms with Crippen molar-refractivity contribution < 1.29 is 17.9 Å². The minimum absolute atomic E-state index is 0.119. The first kappa shape index (κ1) is 22.1. The van der Waals surface area contributed by atoms with Crippen LogP contribution in [-0.4, -0.2) is 25.5 Å². The molecule has 0 atom stereocenters. The number of aromatic nitrogens is 4. The van der Waals surface area contributed by atoms with Crippen LogP contribution in [0.4, 0.5) is 13.2 Å². The Morgan fingerprint density at radius 2 is 1.97 bits per heavy atom. The van der Waals surface area contributed by atoms with Gasteiger partial charge in [-0.1, -0.05) is 17.2 Å². The number of benzene rings is 1. The topological polar surface area (TPSA) is 101 Å². The summed E-state index contributed by atoms with van der Waals surface area (Å²) in [6, 6.07) is 10.2. The molecule has 0 saturated carbocycles. The number of nitrogens with zero attached hydrogens (tertiary/aromatic N) is 7. The standard InChI is InChI=1S/C22H18F3N7O/c1-13(2)33-21-27-8-6-17(29-21)20-19(15-4-3-5-16(11-15)22(23,24)25)30-18-10-14(12-28-31-26)7-9-32(18)20/h3-11,13H,12H2,1-2H3. The van der Waals surface area contributed by atoms with Gasteiger partial charge in [0.15, 0.2) is 0 Å². The predicted octanol–water partition coefficient (Wildman–Crippen LogP) is 6.07. The zero-order valence-electron chi connectivity index (χ0n) is 17.7. The average Bonchev–Trinajstić information content (AvgIpc) is 3.16. The first-order valence-electron chi connectivity index (χ1n) is 9.96. The second-order valence-corrected chi connectivity index (χ2v) is 7.43. The Hall–Kier alpha value is -4.11. The van der Waals surface area contributed by atoms with Crippen LogP contribution in [0.15, 0.2) is 60.0 Å². The van der Waals surface area contributed by atoms with Gasteiger partial charge in [0.1, 0.15) is 5.65 Å². The summed E-state index contributed by atoms with van der Waals surface area (Å²) in [4.78, 5) is 15.9. The number of hydrogen-bond donors (Lipinski definition) is 0. The average molecular weight is 453 g/mol. The van der Waals surface area contributed by atoms with Crippen molar-refractivity contribution in [3.05, 3.63) is 76.4 Å². The van der Waals surface area contributed by atoms with Crippen LogP contribution in [0.5, 0.6) is 6.01 Å². The van der Waals surface area contributed by atoms with Crippen molar-refractivity contribution in [1.29, 1.82) is 0 Å². The molecule has 0 aliphatic heterocycles. The Morgan fingerprint density at radius 3 is 2.70 bits per heavy atom. The lowest BCUT2D eigenvalue weighted by Crippen LogP contribution is -2.08. The summed E-state index contributed by atoms with van der Waals surface area (Å²) in [6.45, 7) is 3.79. The van der Waals surface area contributed by atoms with E-state index in [9.17, 15) is 13.2 Å². The van der Waals surface area contributed by atoms with Gasteiger partial charge in [-0.25, -0.2) is 9.97 Å². The predicted molar refractivity (Wildman–Crippen MR) is 115 cm³/mol. The molecule has 4 aromatic rings. The van der Waals surface area contributed by atoms with Gasteiger partial charge in [-0.2, -0.15) is 18.2 Å². The van der Waals surface area contributed by atoms with E-state index in [0.29, 0.717) is 28.3 Å². The Kier molecular flexibility index (Phi) is 5.89. The number of hydrogen-bond acceptors (Lipinski definition) is 5. The van der Waals surface area contributed by atoms with Gasteiger partial charge in [0.05, 0.1) is 35.3 Å². The van der Waals surface area contributed by atoms with E-state index in [1.54, 1.807) is 34.9 Å². The number of alkyl halides is 3. The monoisotopic (exact) mass is 453 g/mol. The molecule has 0 fully saturated rings. The van der Waals surface area contributed by atoms with Gasteiger partial charge >= 0.3 is 12.2 Å². The molecule has 0 aliphatic rings. The van der Waals surface area contributed by atoms with Gasteiger partial charge in [-0.3, -0.25) is 4.40 Å². The molecule has 0 spiro atoms. The molecule has 4 rings (SSSR count). The molecule has 168 valence electrons. The number of rotatable bonds is 6. The summed E-state index contributed by atoms with van der Waals surface area (Å²) in [5.74, 6) is 0. The summed E-state index contributed by atoms with van der Waals surface area (Å²) >= 11 is 0.